The third kappa shape index (κ3) is 2.35. The van der Waals surface area contributed by atoms with Crippen molar-refractivity contribution in [1.82, 2.24) is 0 Å². The standard InChI is InChI=1S/C13H18N2O/c1-9-8-11(6-7-12(9)14)15-13(16)10-4-2-3-5-10/h6-8,10H,2-5,14H2,1H3,(H,15,16). The van der Waals surface area contributed by atoms with E-state index in [0.29, 0.717) is 0 Å². The zero-order valence-corrected chi connectivity index (χ0v) is 9.62. The Morgan fingerprint density at radius 1 is 1.38 bits per heavy atom. The number of aryl methyl sites for hydroxylation is 1. The van der Waals surface area contributed by atoms with Crippen LogP contribution in [0, 0.1) is 12.8 Å². The van der Waals surface area contributed by atoms with Crippen molar-refractivity contribution in [2.45, 2.75) is 32.6 Å². The highest BCUT2D eigenvalue weighted by molar-refractivity contribution is 5.93. The van der Waals surface area contributed by atoms with Gasteiger partial charge in [-0.25, -0.2) is 0 Å². The highest BCUT2D eigenvalue weighted by Crippen LogP contribution is 2.26. The first kappa shape index (κ1) is 11.0. The Hall–Kier alpha value is -1.51. The van der Waals surface area contributed by atoms with Gasteiger partial charge in [0.05, 0.1) is 0 Å². The molecule has 3 heteroatoms. The van der Waals surface area contributed by atoms with Crippen LogP contribution in [0.2, 0.25) is 0 Å². The molecule has 0 bridgehead atoms. The molecule has 2 rings (SSSR count). The fourth-order valence-electron chi connectivity index (χ4n) is 2.19. The number of benzene rings is 1. The summed E-state index contributed by atoms with van der Waals surface area (Å²) < 4.78 is 0. The van der Waals surface area contributed by atoms with Gasteiger partial charge in [0.2, 0.25) is 5.91 Å². The number of nitrogens with two attached hydrogens (primary N) is 1. The van der Waals surface area contributed by atoms with Crippen molar-refractivity contribution in [2.75, 3.05) is 11.1 Å². The second kappa shape index (κ2) is 4.56. The lowest BCUT2D eigenvalue weighted by molar-refractivity contribution is -0.119. The zero-order chi connectivity index (χ0) is 11.5. The monoisotopic (exact) mass is 218 g/mol. The van der Waals surface area contributed by atoms with Crippen molar-refractivity contribution >= 4 is 17.3 Å². The Bertz CT molecular complexity index is 395. The number of carbonyl (C=O) groups excluding carboxylic acids is 1. The normalized spacial score (nSPS) is 16.3. The predicted octanol–water partition coefficient (Wildman–Crippen LogP) is 2.71. The van der Waals surface area contributed by atoms with Crippen LogP contribution in [0.1, 0.15) is 31.2 Å². The summed E-state index contributed by atoms with van der Waals surface area (Å²) >= 11 is 0. The minimum Gasteiger partial charge on any atom is -0.399 e. The minimum absolute atomic E-state index is 0.154. The van der Waals surface area contributed by atoms with Crippen LogP contribution in [0.15, 0.2) is 18.2 Å². The molecule has 1 amide bonds. The number of carbonyl (C=O) groups is 1. The first-order chi connectivity index (χ1) is 7.66. The van der Waals surface area contributed by atoms with Gasteiger partial charge in [-0.1, -0.05) is 12.8 Å². The van der Waals surface area contributed by atoms with Gasteiger partial charge in [-0.15, -0.1) is 0 Å². The molecular formula is C13H18N2O. The van der Waals surface area contributed by atoms with E-state index in [4.69, 9.17) is 5.73 Å². The van der Waals surface area contributed by atoms with Crippen LogP contribution in [0.4, 0.5) is 11.4 Å². The van der Waals surface area contributed by atoms with Gasteiger partial charge in [-0.05, 0) is 43.5 Å². The van der Waals surface area contributed by atoms with E-state index in [-0.39, 0.29) is 11.8 Å². The van der Waals surface area contributed by atoms with Crippen LogP contribution < -0.4 is 11.1 Å². The van der Waals surface area contributed by atoms with Gasteiger partial charge in [0.25, 0.3) is 0 Å². The van der Waals surface area contributed by atoms with Crippen molar-refractivity contribution < 1.29 is 4.79 Å². The number of rotatable bonds is 2. The number of anilines is 2. The summed E-state index contributed by atoms with van der Waals surface area (Å²) in [7, 11) is 0. The molecule has 0 aliphatic heterocycles. The van der Waals surface area contributed by atoms with Crippen LogP contribution in [0.25, 0.3) is 0 Å². The van der Waals surface area contributed by atoms with Gasteiger partial charge >= 0.3 is 0 Å². The van der Waals surface area contributed by atoms with E-state index >= 15 is 0 Å². The van der Waals surface area contributed by atoms with Crippen molar-refractivity contribution in [3.8, 4) is 0 Å². The van der Waals surface area contributed by atoms with Crippen molar-refractivity contribution in [3.63, 3.8) is 0 Å². The van der Waals surface area contributed by atoms with Crippen LogP contribution in [-0.2, 0) is 4.79 Å². The fraction of sp³-hybridized carbons (Fsp3) is 0.462. The van der Waals surface area contributed by atoms with Crippen molar-refractivity contribution in [1.29, 1.82) is 0 Å². The summed E-state index contributed by atoms with van der Waals surface area (Å²) in [6, 6.07) is 5.61. The predicted molar refractivity (Wildman–Crippen MR) is 66.2 cm³/mol. The first-order valence-corrected chi connectivity index (χ1v) is 5.84. The van der Waals surface area contributed by atoms with E-state index in [0.717, 1.165) is 29.8 Å². The SMILES string of the molecule is Cc1cc(NC(=O)C2CCCC2)ccc1N. The second-order valence-corrected chi connectivity index (χ2v) is 4.54. The number of nitrogen functional groups attached to an aromatic ring is 1. The maximum absolute atomic E-state index is 11.9. The van der Waals surface area contributed by atoms with Crippen molar-refractivity contribution in [2.24, 2.45) is 5.92 Å². The molecule has 1 saturated carbocycles. The van der Waals surface area contributed by atoms with E-state index in [2.05, 4.69) is 5.32 Å². The van der Waals surface area contributed by atoms with Gasteiger partial charge in [-0.2, -0.15) is 0 Å². The van der Waals surface area contributed by atoms with Crippen LogP contribution in [-0.4, -0.2) is 5.91 Å². The van der Waals surface area contributed by atoms with Crippen LogP contribution in [0.5, 0.6) is 0 Å². The quantitative estimate of drug-likeness (QED) is 0.750. The number of hydrogen-bond donors (Lipinski definition) is 2. The molecule has 0 aromatic heterocycles. The van der Waals surface area contributed by atoms with E-state index in [1.807, 2.05) is 25.1 Å². The van der Waals surface area contributed by atoms with Gasteiger partial charge in [0, 0.05) is 17.3 Å². The number of amides is 1. The van der Waals surface area contributed by atoms with Gasteiger partial charge in [0.15, 0.2) is 0 Å². The largest absolute Gasteiger partial charge is 0.399 e. The molecule has 1 aliphatic rings. The third-order valence-corrected chi connectivity index (χ3v) is 3.26. The third-order valence-electron chi connectivity index (χ3n) is 3.26. The fourth-order valence-corrected chi connectivity index (χ4v) is 2.19. The maximum atomic E-state index is 11.9. The molecule has 0 spiro atoms. The summed E-state index contributed by atoms with van der Waals surface area (Å²) in [5.41, 5.74) is 8.35. The molecule has 0 atom stereocenters. The topological polar surface area (TPSA) is 55.1 Å². The Labute approximate surface area is 96.0 Å². The molecule has 0 radical (unpaired) electrons. The summed E-state index contributed by atoms with van der Waals surface area (Å²) in [5, 5.41) is 2.96. The molecular weight excluding hydrogens is 200 g/mol. The summed E-state index contributed by atoms with van der Waals surface area (Å²) in [4.78, 5) is 11.9. The average molecular weight is 218 g/mol. The lowest BCUT2D eigenvalue weighted by Crippen LogP contribution is -2.20. The van der Waals surface area contributed by atoms with E-state index in [9.17, 15) is 4.79 Å². The van der Waals surface area contributed by atoms with E-state index in [1.165, 1.54) is 12.8 Å². The molecule has 0 heterocycles. The lowest BCUT2D eigenvalue weighted by Gasteiger charge is -2.11. The highest BCUT2D eigenvalue weighted by Gasteiger charge is 2.22. The lowest BCUT2D eigenvalue weighted by atomic mass is 10.1. The van der Waals surface area contributed by atoms with E-state index in [1.54, 1.807) is 0 Å². The molecule has 86 valence electrons. The van der Waals surface area contributed by atoms with Gasteiger partial charge in [0.1, 0.15) is 0 Å². The number of nitrogens with one attached hydrogen (secondary N) is 1. The Morgan fingerprint density at radius 2 is 2.06 bits per heavy atom. The molecule has 3 nitrogen and oxygen atoms in total. The Kier molecular flexibility index (Phi) is 3.13. The van der Waals surface area contributed by atoms with Gasteiger partial charge < -0.3 is 11.1 Å². The molecule has 1 aromatic carbocycles. The summed E-state index contributed by atoms with van der Waals surface area (Å²) in [5.74, 6) is 0.361. The summed E-state index contributed by atoms with van der Waals surface area (Å²) in [6.07, 6.45) is 4.41. The molecule has 1 aliphatic carbocycles. The first-order valence-electron chi connectivity index (χ1n) is 5.84. The van der Waals surface area contributed by atoms with E-state index < -0.39 is 0 Å². The van der Waals surface area contributed by atoms with Crippen molar-refractivity contribution in [3.05, 3.63) is 23.8 Å². The summed E-state index contributed by atoms with van der Waals surface area (Å²) in [6.45, 7) is 1.94. The van der Waals surface area contributed by atoms with Crippen LogP contribution >= 0.6 is 0 Å². The molecule has 1 fully saturated rings. The molecule has 0 unspecified atom stereocenters. The zero-order valence-electron chi connectivity index (χ0n) is 9.62. The molecule has 1 aromatic rings. The molecule has 3 N–H and O–H groups in total. The minimum atomic E-state index is 0.154. The molecule has 16 heavy (non-hydrogen) atoms. The second-order valence-electron chi connectivity index (χ2n) is 4.54. The number of hydrogen-bond acceptors (Lipinski definition) is 2. The Morgan fingerprint density at radius 3 is 2.69 bits per heavy atom. The van der Waals surface area contributed by atoms with Gasteiger partial charge in [-0.3, -0.25) is 4.79 Å². The Balaban J connectivity index is 2.02. The maximum Gasteiger partial charge on any atom is 0.227 e. The highest BCUT2D eigenvalue weighted by atomic mass is 16.1. The molecule has 0 saturated heterocycles. The van der Waals surface area contributed by atoms with Crippen LogP contribution in [0.3, 0.4) is 0 Å². The smallest absolute Gasteiger partial charge is 0.227 e. The average Bonchev–Trinajstić information content (AvgIpc) is 2.77.